The van der Waals surface area contributed by atoms with E-state index in [0.29, 0.717) is 23.4 Å². The Labute approximate surface area is 141 Å². The van der Waals surface area contributed by atoms with E-state index in [2.05, 4.69) is 39.8 Å². The monoisotopic (exact) mass is 314 g/mol. The average molecular weight is 314 g/mol. The van der Waals surface area contributed by atoms with Gasteiger partial charge >= 0.3 is 5.97 Å². The van der Waals surface area contributed by atoms with Crippen LogP contribution in [-0.4, -0.2) is 12.6 Å². The molecule has 0 aromatic carbocycles. The minimum Gasteiger partial charge on any atom is -0.463 e. The molecule has 2 atom stereocenters. The summed E-state index contributed by atoms with van der Waals surface area (Å²) in [5.41, 5.74) is 4.40. The first-order chi connectivity index (χ1) is 10.7. The van der Waals surface area contributed by atoms with Crippen LogP contribution in [0, 0.1) is 16.7 Å². The van der Waals surface area contributed by atoms with Gasteiger partial charge in [-0.2, -0.15) is 0 Å². The van der Waals surface area contributed by atoms with Crippen molar-refractivity contribution in [2.24, 2.45) is 16.7 Å². The van der Waals surface area contributed by atoms with E-state index in [9.17, 15) is 4.79 Å². The van der Waals surface area contributed by atoms with Crippen molar-refractivity contribution in [3.63, 3.8) is 0 Å². The van der Waals surface area contributed by atoms with E-state index in [1.54, 1.807) is 0 Å². The van der Waals surface area contributed by atoms with Crippen molar-refractivity contribution in [2.75, 3.05) is 6.61 Å². The lowest BCUT2D eigenvalue weighted by atomic mass is 9.66. The highest BCUT2D eigenvalue weighted by molar-refractivity contribution is 5.83. The van der Waals surface area contributed by atoms with Gasteiger partial charge in [0.1, 0.15) is 0 Å². The van der Waals surface area contributed by atoms with Crippen molar-refractivity contribution in [3.05, 3.63) is 47.1 Å². The number of allylic oxidation sites excluding steroid dienone is 7. The molecule has 0 aromatic heterocycles. The predicted molar refractivity (Wildman–Crippen MR) is 96.0 cm³/mol. The molecule has 0 spiro atoms. The summed E-state index contributed by atoms with van der Waals surface area (Å²) in [6, 6.07) is 0. The van der Waals surface area contributed by atoms with Crippen LogP contribution in [0.1, 0.15) is 54.4 Å². The zero-order chi connectivity index (χ0) is 17.3. The van der Waals surface area contributed by atoms with Crippen LogP contribution >= 0.6 is 0 Å². The number of rotatable bonds is 5. The molecule has 126 valence electrons. The van der Waals surface area contributed by atoms with Crippen molar-refractivity contribution in [2.45, 2.75) is 54.4 Å². The number of carbonyl (C=O) groups is 1. The minimum absolute atomic E-state index is 0.277. The lowest BCUT2D eigenvalue weighted by Crippen LogP contribution is -2.30. The fourth-order valence-corrected chi connectivity index (χ4v) is 4.11. The molecule has 1 fully saturated rings. The molecule has 2 bridgehead atoms. The summed E-state index contributed by atoms with van der Waals surface area (Å²) in [5, 5.41) is 0. The molecule has 0 radical (unpaired) electrons. The maximum atomic E-state index is 11.4. The molecule has 23 heavy (non-hydrogen) atoms. The van der Waals surface area contributed by atoms with Gasteiger partial charge in [-0.25, -0.2) is 4.79 Å². The fraction of sp³-hybridized carbons (Fsp3) is 0.571. The Morgan fingerprint density at radius 1 is 1.35 bits per heavy atom. The highest BCUT2D eigenvalue weighted by atomic mass is 16.5. The van der Waals surface area contributed by atoms with E-state index in [-0.39, 0.29) is 5.97 Å². The van der Waals surface area contributed by atoms with E-state index in [1.165, 1.54) is 30.1 Å². The van der Waals surface area contributed by atoms with E-state index >= 15 is 0 Å². The summed E-state index contributed by atoms with van der Waals surface area (Å²) in [5.74, 6) is 0.431. The standard InChI is InChI=1S/C21H30O2/c1-7-23-19(22)13-15(2)9-8-10-16(3)18-14-17-11-12-21(18,6)20(17,4)5/h8-10,13-14,17H,7,11-12H2,1-6H3/b9-8+,15-13+,16-10-/t17-,21+/m1/s1. The number of hydrogen-bond acceptors (Lipinski definition) is 2. The topological polar surface area (TPSA) is 26.3 Å². The van der Waals surface area contributed by atoms with Crippen LogP contribution in [0.5, 0.6) is 0 Å². The first-order valence-electron chi connectivity index (χ1n) is 8.65. The Balaban J connectivity index is 2.09. The third kappa shape index (κ3) is 3.22. The van der Waals surface area contributed by atoms with Gasteiger partial charge in [-0.05, 0) is 67.1 Å². The van der Waals surface area contributed by atoms with Gasteiger partial charge in [0.15, 0.2) is 0 Å². The highest BCUT2D eigenvalue weighted by Crippen LogP contribution is 2.66. The largest absolute Gasteiger partial charge is 0.463 e. The first kappa shape index (κ1) is 17.8. The molecule has 0 amide bonds. The zero-order valence-corrected chi connectivity index (χ0v) is 15.4. The van der Waals surface area contributed by atoms with Crippen molar-refractivity contribution >= 4 is 5.97 Å². The van der Waals surface area contributed by atoms with Gasteiger partial charge in [-0.15, -0.1) is 0 Å². The number of hydrogen-bond donors (Lipinski definition) is 0. The van der Waals surface area contributed by atoms with E-state index in [1.807, 2.05) is 26.0 Å². The molecular formula is C21H30O2. The Morgan fingerprint density at radius 2 is 2.04 bits per heavy atom. The second-order valence-corrected chi connectivity index (χ2v) is 7.63. The van der Waals surface area contributed by atoms with Gasteiger partial charge in [-0.1, -0.05) is 45.1 Å². The molecule has 0 saturated heterocycles. The van der Waals surface area contributed by atoms with E-state index in [4.69, 9.17) is 4.74 Å². The van der Waals surface area contributed by atoms with Gasteiger partial charge in [0.25, 0.3) is 0 Å². The second kappa shape index (κ2) is 6.51. The van der Waals surface area contributed by atoms with Crippen molar-refractivity contribution in [3.8, 4) is 0 Å². The quantitative estimate of drug-likeness (QED) is 0.387. The molecule has 2 heteroatoms. The van der Waals surface area contributed by atoms with Gasteiger partial charge in [0, 0.05) is 6.08 Å². The van der Waals surface area contributed by atoms with Gasteiger partial charge in [-0.3, -0.25) is 0 Å². The summed E-state index contributed by atoms with van der Waals surface area (Å²) >= 11 is 0. The SMILES string of the molecule is CCOC(=O)/C=C(C)/C=C/C=C(/C)C1=C[C@H]2CC[C@]1(C)C2(C)C. The highest BCUT2D eigenvalue weighted by Gasteiger charge is 2.56. The summed E-state index contributed by atoms with van der Waals surface area (Å²) < 4.78 is 4.92. The normalized spacial score (nSPS) is 30.0. The lowest BCUT2D eigenvalue weighted by Gasteiger charge is -2.38. The zero-order valence-electron chi connectivity index (χ0n) is 15.4. The number of carbonyl (C=O) groups excluding carboxylic acids is 1. The van der Waals surface area contributed by atoms with Crippen molar-refractivity contribution in [1.29, 1.82) is 0 Å². The Morgan fingerprint density at radius 3 is 2.57 bits per heavy atom. The fourth-order valence-electron chi connectivity index (χ4n) is 4.11. The predicted octanol–water partition coefficient (Wildman–Crippen LogP) is 5.38. The molecule has 0 unspecified atom stereocenters. The maximum Gasteiger partial charge on any atom is 0.330 e. The minimum atomic E-state index is -0.277. The molecule has 2 nitrogen and oxygen atoms in total. The molecule has 2 rings (SSSR count). The second-order valence-electron chi connectivity index (χ2n) is 7.63. The van der Waals surface area contributed by atoms with Crippen molar-refractivity contribution < 1.29 is 9.53 Å². The van der Waals surface area contributed by atoms with Crippen LogP contribution < -0.4 is 0 Å². The molecule has 2 aliphatic rings. The van der Waals surface area contributed by atoms with E-state index < -0.39 is 0 Å². The molecule has 0 aromatic rings. The Kier molecular flexibility index (Phi) is 5.03. The van der Waals surface area contributed by atoms with Crippen LogP contribution in [0.2, 0.25) is 0 Å². The molecular weight excluding hydrogens is 284 g/mol. The van der Waals surface area contributed by atoms with Crippen LogP contribution in [0.3, 0.4) is 0 Å². The van der Waals surface area contributed by atoms with Gasteiger partial charge in [0.2, 0.25) is 0 Å². The van der Waals surface area contributed by atoms with Crippen LogP contribution in [-0.2, 0) is 9.53 Å². The molecule has 2 aliphatic carbocycles. The molecule has 0 heterocycles. The maximum absolute atomic E-state index is 11.4. The smallest absolute Gasteiger partial charge is 0.330 e. The van der Waals surface area contributed by atoms with E-state index in [0.717, 1.165) is 5.57 Å². The van der Waals surface area contributed by atoms with Gasteiger partial charge in [0.05, 0.1) is 6.61 Å². The van der Waals surface area contributed by atoms with Crippen LogP contribution in [0.25, 0.3) is 0 Å². The molecule has 0 aliphatic heterocycles. The number of fused-ring (bicyclic) bond motifs is 2. The Hall–Kier alpha value is -1.57. The van der Waals surface area contributed by atoms with Gasteiger partial charge < -0.3 is 4.74 Å². The molecule has 0 N–H and O–H groups in total. The summed E-state index contributed by atoms with van der Waals surface area (Å²) in [6.45, 7) is 13.6. The summed E-state index contributed by atoms with van der Waals surface area (Å²) in [7, 11) is 0. The van der Waals surface area contributed by atoms with Crippen LogP contribution in [0.4, 0.5) is 0 Å². The van der Waals surface area contributed by atoms with Crippen molar-refractivity contribution in [1.82, 2.24) is 0 Å². The van der Waals surface area contributed by atoms with Crippen LogP contribution in [0.15, 0.2) is 47.1 Å². The third-order valence-electron chi connectivity index (χ3n) is 6.03. The Bertz CT molecular complexity index is 601. The average Bonchev–Trinajstić information content (AvgIpc) is 2.79. The molecule has 1 saturated carbocycles. The number of ether oxygens (including phenoxy) is 1. The number of esters is 1. The summed E-state index contributed by atoms with van der Waals surface area (Å²) in [6.07, 6.45) is 12.8. The summed E-state index contributed by atoms with van der Waals surface area (Å²) in [4.78, 5) is 11.4. The first-order valence-corrected chi connectivity index (χ1v) is 8.65. The lowest BCUT2D eigenvalue weighted by molar-refractivity contribution is -0.137. The third-order valence-corrected chi connectivity index (χ3v) is 6.03.